The molecule has 0 aromatic carbocycles. The highest BCUT2D eigenvalue weighted by Gasteiger charge is 1.99. The molecule has 1 aromatic rings. The predicted octanol–water partition coefficient (Wildman–Crippen LogP) is 2.82. The molecule has 0 aliphatic heterocycles. The first-order valence-electron chi connectivity index (χ1n) is 4.40. The van der Waals surface area contributed by atoms with E-state index >= 15 is 0 Å². The molecule has 0 unspecified atom stereocenters. The Morgan fingerprint density at radius 3 is 2.83 bits per heavy atom. The van der Waals surface area contributed by atoms with Gasteiger partial charge < -0.3 is 4.42 Å². The van der Waals surface area contributed by atoms with Crippen LogP contribution in [0.5, 0.6) is 0 Å². The Morgan fingerprint density at radius 1 is 1.42 bits per heavy atom. The van der Waals surface area contributed by atoms with E-state index in [-0.39, 0.29) is 0 Å². The minimum absolute atomic E-state index is 0.432. The highest BCUT2D eigenvalue weighted by atomic mass is 16.3. The molecule has 1 aromatic heterocycles. The van der Waals surface area contributed by atoms with E-state index in [9.17, 15) is 4.79 Å². The third-order valence-corrected chi connectivity index (χ3v) is 1.83. The fourth-order valence-electron chi connectivity index (χ4n) is 1.14. The van der Waals surface area contributed by atoms with Crippen LogP contribution in [-0.2, 0) is 6.42 Å². The van der Waals surface area contributed by atoms with Gasteiger partial charge in [0.05, 0.1) is 0 Å². The summed E-state index contributed by atoms with van der Waals surface area (Å²) < 4.78 is 5.21. The normalized spacial score (nSPS) is 10.1. The number of carbonyl (C=O) groups is 1. The lowest BCUT2D eigenvalue weighted by Crippen LogP contribution is -1.81. The molecule has 0 aliphatic rings. The first-order valence-corrected chi connectivity index (χ1v) is 4.40. The summed E-state index contributed by atoms with van der Waals surface area (Å²) >= 11 is 0. The summed E-state index contributed by atoms with van der Waals surface area (Å²) in [4.78, 5) is 10.3. The van der Waals surface area contributed by atoms with Gasteiger partial charge in [-0.15, -0.1) is 0 Å². The molecule has 0 saturated heterocycles. The lowest BCUT2D eigenvalue weighted by molar-refractivity contribution is 0.109. The first-order chi connectivity index (χ1) is 5.86. The minimum Gasteiger partial charge on any atom is -0.458 e. The summed E-state index contributed by atoms with van der Waals surface area (Å²) in [6.07, 6.45) is 5.26. The third kappa shape index (κ3) is 2.53. The lowest BCUT2D eigenvalue weighted by Gasteiger charge is -1.93. The van der Waals surface area contributed by atoms with Crippen LogP contribution in [-0.4, -0.2) is 6.29 Å². The van der Waals surface area contributed by atoms with E-state index in [1.807, 2.05) is 6.07 Å². The van der Waals surface area contributed by atoms with Crippen LogP contribution in [0.3, 0.4) is 0 Å². The SMILES string of the molecule is CCCCCc1ccc(C=O)o1. The fraction of sp³-hybridized carbons (Fsp3) is 0.500. The van der Waals surface area contributed by atoms with Crippen molar-refractivity contribution < 1.29 is 9.21 Å². The zero-order chi connectivity index (χ0) is 8.81. The van der Waals surface area contributed by atoms with Gasteiger partial charge in [-0.05, 0) is 18.6 Å². The smallest absolute Gasteiger partial charge is 0.185 e. The zero-order valence-electron chi connectivity index (χ0n) is 7.38. The van der Waals surface area contributed by atoms with Crippen molar-refractivity contribution in [3.63, 3.8) is 0 Å². The standard InChI is InChI=1S/C10H14O2/c1-2-3-4-5-9-6-7-10(8-11)12-9/h6-8H,2-5H2,1H3. The predicted molar refractivity (Wildman–Crippen MR) is 47.3 cm³/mol. The molecule has 1 heterocycles. The summed E-state index contributed by atoms with van der Waals surface area (Å²) in [6, 6.07) is 3.59. The second-order valence-corrected chi connectivity index (χ2v) is 2.88. The van der Waals surface area contributed by atoms with E-state index in [1.165, 1.54) is 12.8 Å². The summed E-state index contributed by atoms with van der Waals surface area (Å²) in [7, 11) is 0. The summed E-state index contributed by atoms with van der Waals surface area (Å²) in [6.45, 7) is 2.17. The van der Waals surface area contributed by atoms with Gasteiger partial charge in [0, 0.05) is 6.42 Å². The maximum Gasteiger partial charge on any atom is 0.185 e. The number of unbranched alkanes of at least 4 members (excludes halogenated alkanes) is 2. The summed E-state index contributed by atoms with van der Waals surface area (Å²) in [5.41, 5.74) is 0. The van der Waals surface area contributed by atoms with Gasteiger partial charge in [0.25, 0.3) is 0 Å². The number of carbonyl (C=O) groups excluding carboxylic acids is 1. The number of hydrogen-bond donors (Lipinski definition) is 0. The first kappa shape index (κ1) is 9.04. The zero-order valence-corrected chi connectivity index (χ0v) is 7.38. The largest absolute Gasteiger partial charge is 0.458 e. The number of rotatable bonds is 5. The number of furan rings is 1. The highest BCUT2D eigenvalue weighted by Crippen LogP contribution is 2.09. The fourth-order valence-corrected chi connectivity index (χ4v) is 1.14. The van der Waals surface area contributed by atoms with Crippen LogP contribution in [0.15, 0.2) is 16.5 Å². The average molecular weight is 166 g/mol. The Hall–Kier alpha value is -1.05. The second-order valence-electron chi connectivity index (χ2n) is 2.88. The second kappa shape index (κ2) is 4.75. The van der Waals surface area contributed by atoms with Crippen molar-refractivity contribution in [1.82, 2.24) is 0 Å². The molecule has 2 heteroatoms. The van der Waals surface area contributed by atoms with E-state index < -0.39 is 0 Å². The van der Waals surface area contributed by atoms with E-state index in [4.69, 9.17) is 4.42 Å². The molecular formula is C10H14O2. The van der Waals surface area contributed by atoms with Gasteiger partial charge in [-0.3, -0.25) is 4.79 Å². The lowest BCUT2D eigenvalue weighted by atomic mass is 10.2. The molecule has 0 saturated carbocycles. The van der Waals surface area contributed by atoms with Crippen molar-refractivity contribution in [2.45, 2.75) is 32.6 Å². The molecule has 0 fully saturated rings. The van der Waals surface area contributed by atoms with E-state index in [0.717, 1.165) is 24.9 Å². The molecule has 0 bridgehead atoms. The van der Waals surface area contributed by atoms with Gasteiger partial charge >= 0.3 is 0 Å². The molecule has 0 N–H and O–H groups in total. The Bertz CT molecular complexity index is 238. The Kier molecular flexibility index (Phi) is 3.58. The minimum atomic E-state index is 0.432. The molecule has 0 aliphatic carbocycles. The molecular weight excluding hydrogens is 152 g/mol. The van der Waals surface area contributed by atoms with Gasteiger partial charge in [0.2, 0.25) is 0 Å². The van der Waals surface area contributed by atoms with Crippen LogP contribution >= 0.6 is 0 Å². The molecule has 2 nitrogen and oxygen atoms in total. The van der Waals surface area contributed by atoms with E-state index in [1.54, 1.807) is 6.07 Å². The number of aldehydes is 1. The Morgan fingerprint density at radius 2 is 2.25 bits per heavy atom. The molecule has 0 radical (unpaired) electrons. The number of aryl methyl sites for hydroxylation is 1. The van der Waals surface area contributed by atoms with Gasteiger partial charge in [0.1, 0.15) is 5.76 Å². The molecule has 12 heavy (non-hydrogen) atoms. The van der Waals surface area contributed by atoms with Crippen LogP contribution in [0.25, 0.3) is 0 Å². The van der Waals surface area contributed by atoms with Crippen molar-refractivity contribution in [1.29, 1.82) is 0 Å². The van der Waals surface area contributed by atoms with Crippen molar-refractivity contribution in [2.75, 3.05) is 0 Å². The van der Waals surface area contributed by atoms with Crippen LogP contribution in [0.4, 0.5) is 0 Å². The van der Waals surface area contributed by atoms with Crippen LogP contribution in [0, 0.1) is 0 Å². The van der Waals surface area contributed by atoms with Gasteiger partial charge in [-0.1, -0.05) is 19.8 Å². The number of hydrogen-bond acceptors (Lipinski definition) is 2. The molecule has 0 spiro atoms. The van der Waals surface area contributed by atoms with Crippen molar-refractivity contribution in [3.05, 3.63) is 23.7 Å². The van der Waals surface area contributed by atoms with Crippen molar-refractivity contribution in [2.24, 2.45) is 0 Å². The molecule has 0 amide bonds. The van der Waals surface area contributed by atoms with E-state index in [0.29, 0.717) is 5.76 Å². The average Bonchev–Trinajstić information content (AvgIpc) is 2.53. The summed E-state index contributed by atoms with van der Waals surface area (Å²) in [5.74, 6) is 1.35. The monoisotopic (exact) mass is 166 g/mol. The van der Waals surface area contributed by atoms with Crippen molar-refractivity contribution >= 4 is 6.29 Å². The summed E-state index contributed by atoms with van der Waals surface area (Å²) in [5, 5.41) is 0. The van der Waals surface area contributed by atoms with Crippen LogP contribution in [0.1, 0.15) is 42.5 Å². The maximum absolute atomic E-state index is 10.3. The highest BCUT2D eigenvalue weighted by molar-refractivity contribution is 5.70. The molecule has 0 atom stereocenters. The quantitative estimate of drug-likeness (QED) is 0.497. The van der Waals surface area contributed by atoms with Crippen molar-refractivity contribution in [3.8, 4) is 0 Å². The molecule has 1 rings (SSSR count). The van der Waals surface area contributed by atoms with Crippen LogP contribution < -0.4 is 0 Å². The van der Waals surface area contributed by atoms with E-state index in [2.05, 4.69) is 6.92 Å². The van der Waals surface area contributed by atoms with Gasteiger partial charge in [0.15, 0.2) is 12.0 Å². The Balaban J connectivity index is 2.36. The van der Waals surface area contributed by atoms with Gasteiger partial charge in [-0.25, -0.2) is 0 Å². The topological polar surface area (TPSA) is 30.2 Å². The maximum atomic E-state index is 10.3. The van der Waals surface area contributed by atoms with Gasteiger partial charge in [-0.2, -0.15) is 0 Å². The van der Waals surface area contributed by atoms with Crippen LogP contribution in [0.2, 0.25) is 0 Å². The third-order valence-electron chi connectivity index (χ3n) is 1.83. The molecule has 66 valence electrons. The Labute approximate surface area is 72.6 Å².